The second-order valence-electron chi connectivity index (χ2n) is 3.90. The minimum Gasteiger partial charge on any atom is -0.384 e. The van der Waals surface area contributed by atoms with Crippen LogP contribution in [0.4, 0.5) is 0 Å². The Balaban J connectivity index is 1.95. The molecule has 0 aliphatic carbocycles. The van der Waals surface area contributed by atoms with Gasteiger partial charge in [-0.15, -0.1) is 0 Å². The molecule has 1 amide bonds. The summed E-state index contributed by atoms with van der Waals surface area (Å²) in [5.41, 5.74) is 6.77. The lowest BCUT2D eigenvalue weighted by atomic mass is 10.2. The zero-order valence-corrected chi connectivity index (χ0v) is 9.02. The molecule has 2 rings (SSSR count). The first-order valence-electron chi connectivity index (χ1n) is 5.40. The van der Waals surface area contributed by atoms with Crippen LogP contribution in [0.15, 0.2) is 35.3 Å². The van der Waals surface area contributed by atoms with E-state index in [0.29, 0.717) is 18.8 Å². The van der Waals surface area contributed by atoms with Crippen molar-refractivity contribution in [2.24, 2.45) is 10.7 Å². The fourth-order valence-corrected chi connectivity index (χ4v) is 1.72. The fourth-order valence-electron chi connectivity index (χ4n) is 1.72. The van der Waals surface area contributed by atoms with Crippen molar-refractivity contribution >= 4 is 11.7 Å². The van der Waals surface area contributed by atoms with E-state index < -0.39 is 0 Å². The number of amidine groups is 1. The van der Waals surface area contributed by atoms with E-state index in [4.69, 9.17) is 5.73 Å². The van der Waals surface area contributed by atoms with Crippen LogP contribution in [0.3, 0.4) is 0 Å². The van der Waals surface area contributed by atoms with Crippen LogP contribution in [-0.4, -0.2) is 24.3 Å². The van der Waals surface area contributed by atoms with Crippen molar-refractivity contribution in [3.63, 3.8) is 0 Å². The van der Waals surface area contributed by atoms with Crippen molar-refractivity contribution in [1.82, 2.24) is 5.32 Å². The zero-order valence-electron chi connectivity index (χ0n) is 9.02. The lowest BCUT2D eigenvalue weighted by Crippen LogP contribution is -2.29. The Morgan fingerprint density at radius 1 is 1.44 bits per heavy atom. The summed E-state index contributed by atoms with van der Waals surface area (Å²) in [4.78, 5) is 15.3. The maximum absolute atomic E-state index is 11.0. The highest BCUT2D eigenvalue weighted by Gasteiger charge is 2.19. The first-order valence-corrected chi connectivity index (χ1v) is 5.40. The Hall–Kier alpha value is -1.84. The molecule has 0 saturated carbocycles. The van der Waals surface area contributed by atoms with Gasteiger partial charge in [-0.25, -0.2) is 0 Å². The van der Waals surface area contributed by atoms with E-state index in [2.05, 4.69) is 10.3 Å². The molecule has 1 saturated heterocycles. The van der Waals surface area contributed by atoms with Crippen LogP contribution in [0.1, 0.15) is 18.4 Å². The van der Waals surface area contributed by atoms with Gasteiger partial charge < -0.3 is 11.1 Å². The third kappa shape index (κ3) is 2.59. The molecule has 1 unspecified atom stereocenters. The highest BCUT2D eigenvalue weighted by Crippen LogP contribution is 2.07. The Kier molecular flexibility index (Phi) is 3.19. The standard InChI is InChI=1S/C12H15N3O/c13-12(9-4-2-1-3-5-9)14-8-10-6-7-11(16)15-10/h1-5,10H,6-8H2,(H2,13,14)(H,15,16). The molecule has 3 N–H and O–H groups in total. The predicted molar refractivity (Wildman–Crippen MR) is 63.2 cm³/mol. The largest absolute Gasteiger partial charge is 0.384 e. The molecule has 1 aromatic rings. The third-order valence-corrected chi connectivity index (χ3v) is 2.64. The number of nitrogens with one attached hydrogen (secondary N) is 1. The predicted octanol–water partition coefficient (Wildman–Crippen LogP) is 0.670. The van der Waals surface area contributed by atoms with Gasteiger partial charge in [-0.1, -0.05) is 30.3 Å². The molecule has 0 radical (unpaired) electrons. The number of nitrogens with zero attached hydrogens (tertiary/aromatic N) is 1. The average Bonchev–Trinajstić information content (AvgIpc) is 2.73. The van der Waals surface area contributed by atoms with E-state index >= 15 is 0 Å². The molecule has 1 aliphatic heterocycles. The van der Waals surface area contributed by atoms with E-state index in [1.54, 1.807) is 0 Å². The van der Waals surface area contributed by atoms with Crippen LogP contribution >= 0.6 is 0 Å². The molecule has 4 nitrogen and oxygen atoms in total. The molecular weight excluding hydrogens is 202 g/mol. The maximum Gasteiger partial charge on any atom is 0.220 e. The van der Waals surface area contributed by atoms with Gasteiger partial charge in [0, 0.05) is 18.0 Å². The first-order chi connectivity index (χ1) is 7.75. The molecule has 0 spiro atoms. The van der Waals surface area contributed by atoms with Crippen molar-refractivity contribution in [2.75, 3.05) is 6.54 Å². The topological polar surface area (TPSA) is 67.5 Å². The van der Waals surface area contributed by atoms with E-state index in [0.717, 1.165) is 12.0 Å². The lowest BCUT2D eigenvalue weighted by molar-refractivity contribution is -0.119. The number of nitrogens with two attached hydrogens (primary N) is 1. The van der Waals surface area contributed by atoms with Crippen LogP contribution < -0.4 is 11.1 Å². The molecule has 0 aromatic heterocycles. The number of amides is 1. The number of carbonyl (C=O) groups is 1. The van der Waals surface area contributed by atoms with Crippen molar-refractivity contribution in [1.29, 1.82) is 0 Å². The van der Waals surface area contributed by atoms with Gasteiger partial charge in [0.05, 0.1) is 6.54 Å². The molecular formula is C12H15N3O. The Morgan fingerprint density at radius 2 is 2.19 bits per heavy atom. The van der Waals surface area contributed by atoms with Crippen molar-refractivity contribution < 1.29 is 4.79 Å². The summed E-state index contributed by atoms with van der Waals surface area (Å²) in [5.74, 6) is 0.639. The second kappa shape index (κ2) is 4.79. The van der Waals surface area contributed by atoms with E-state index in [1.165, 1.54) is 0 Å². The average molecular weight is 217 g/mol. The summed E-state index contributed by atoms with van der Waals surface area (Å²) < 4.78 is 0. The van der Waals surface area contributed by atoms with Gasteiger partial charge in [0.1, 0.15) is 5.84 Å². The van der Waals surface area contributed by atoms with Gasteiger partial charge in [-0.05, 0) is 6.42 Å². The number of carbonyl (C=O) groups excluding carboxylic acids is 1. The molecule has 4 heteroatoms. The number of hydrogen-bond acceptors (Lipinski definition) is 2. The summed E-state index contributed by atoms with van der Waals surface area (Å²) >= 11 is 0. The molecule has 84 valence electrons. The summed E-state index contributed by atoms with van der Waals surface area (Å²) in [5, 5.41) is 2.86. The van der Waals surface area contributed by atoms with Crippen molar-refractivity contribution in [2.45, 2.75) is 18.9 Å². The molecule has 1 atom stereocenters. The van der Waals surface area contributed by atoms with E-state index in [9.17, 15) is 4.79 Å². The second-order valence-corrected chi connectivity index (χ2v) is 3.90. The smallest absolute Gasteiger partial charge is 0.220 e. The van der Waals surface area contributed by atoms with Gasteiger partial charge in [-0.2, -0.15) is 0 Å². The lowest BCUT2D eigenvalue weighted by Gasteiger charge is -2.06. The Labute approximate surface area is 94.6 Å². The van der Waals surface area contributed by atoms with Gasteiger partial charge in [0.2, 0.25) is 5.91 Å². The number of aliphatic imine (C=N–C) groups is 1. The molecule has 0 bridgehead atoms. The van der Waals surface area contributed by atoms with Crippen LogP contribution in [0.25, 0.3) is 0 Å². The van der Waals surface area contributed by atoms with Gasteiger partial charge in [-0.3, -0.25) is 9.79 Å². The van der Waals surface area contributed by atoms with Crippen LogP contribution in [-0.2, 0) is 4.79 Å². The number of rotatable bonds is 3. The number of benzene rings is 1. The van der Waals surface area contributed by atoms with Crippen LogP contribution in [0.5, 0.6) is 0 Å². The Morgan fingerprint density at radius 3 is 2.81 bits per heavy atom. The van der Waals surface area contributed by atoms with E-state index in [1.807, 2.05) is 30.3 Å². The van der Waals surface area contributed by atoms with Gasteiger partial charge in [0.25, 0.3) is 0 Å². The fraction of sp³-hybridized carbons (Fsp3) is 0.333. The van der Waals surface area contributed by atoms with Gasteiger partial charge >= 0.3 is 0 Å². The number of hydrogen-bond donors (Lipinski definition) is 2. The first kappa shape index (κ1) is 10.7. The SMILES string of the molecule is NC(=NCC1CCC(=O)N1)c1ccccc1. The highest BCUT2D eigenvalue weighted by molar-refractivity contribution is 5.97. The van der Waals surface area contributed by atoms with Crippen molar-refractivity contribution in [3.05, 3.63) is 35.9 Å². The van der Waals surface area contributed by atoms with Crippen molar-refractivity contribution in [3.8, 4) is 0 Å². The molecule has 1 aromatic carbocycles. The monoisotopic (exact) mass is 217 g/mol. The molecule has 1 heterocycles. The van der Waals surface area contributed by atoms with Crippen LogP contribution in [0.2, 0.25) is 0 Å². The minimum atomic E-state index is 0.110. The maximum atomic E-state index is 11.0. The highest BCUT2D eigenvalue weighted by atomic mass is 16.1. The van der Waals surface area contributed by atoms with Crippen LogP contribution in [0, 0.1) is 0 Å². The Bertz CT molecular complexity index is 400. The third-order valence-electron chi connectivity index (χ3n) is 2.64. The molecule has 1 fully saturated rings. The normalized spacial score (nSPS) is 20.9. The van der Waals surface area contributed by atoms with E-state index in [-0.39, 0.29) is 11.9 Å². The summed E-state index contributed by atoms with van der Waals surface area (Å²) in [6.45, 7) is 0.562. The summed E-state index contributed by atoms with van der Waals surface area (Å²) in [6, 6.07) is 9.78. The summed E-state index contributed by atoms with van der Waals surface area (Å²) in [6.07, 6.45) is 1.45. The minimum absolute atomic E-state index is 0.110. The summed E-state index contributed by atoms with van der Waals surface area (Å²) in [7, 11) is 0. The quantitative estimate of drug-likeness (QED) is 0.577. The van der Waals surface area contributed by atoms with Gasteiger partial charge in [0.15, 0.2) is 0 Å². The zero-order chi connectivity index (χ0) is 11.4. The molecule has 16 heavy (non-hydrogen) atoms. The molecule has 1 aliphatic rings.